The molecule has 0 saturated heterocycles. The van der Waals surface area contributed by atoms with Crippen molar-refractivity contribution in [3.63, 3.8) is 0 Å². The van der Waals surface area contributed by atoms with E-state index in [4.69, 9.17) is 11.5 Å². The lowest BCUT2D eigenvalue weighted by atomic mass is 10.0. The number of rotatable bonds is 4. The molecule has 0 spiro atoms. The van der Waals surface area contributed by atoms with Crippen molar-refractivity contribution >= 4 is 17.2 Å². The van der Waals surface area contributed by atoms with E-state index in [1.54, 1.807) is 0 Å². The van der Waals surface area contributed by atoms with Crippen molar-refractivity contribution < 1.29 is 0 Å². The molecule has 1 heterocycles. The standard InChI is InChI=1S/C19H20N4/c1-13-8-9-18(19(21)23-13)22-12-14-4-2-5-15(10-14)16-6-3-7-17(20)11-16/h2-11,22H,12,20H2,1H3,(H2,21,23). The molecular formula is C19H20N4. The van der Waals surface area contributed by atoms with Gasteiger partial charge in [-0.3, -0.25) is 0 Å². The fourth-order valence-corrected chi connectivity index (χ4v) is 2.50. The highest BCUT2D eigenvalue weighted by molar-refractivity contribution is 5.68. The van der Waals surface area contributed by atoms with Gasteiger partial charge < -0.3 is 16.8 Å². The molecule has 4 heteroatoms. The van der Waals surface area contributed by atoms with Gasteiger partial charge in [-0.2, -0.15) is 0 Å². The van der Waals surface area contributed by atoms with Crippen molar-refractivity contribution in [3.8, 4) is 11.1 Å². The van der Waals surface area contributed by atoms with Gasteiger partial charge in [-0.1, -0.05) is 30.3 Å². The summed E-state index contributed by atoms with van der Waals surface area (Å²) in [6.45, 7) is 2.61. The summed E-state index contributed by atoms with van der Waals surface area (Å²) in [6.07, 6.45) is 0. The van der Waals surface area contributed by atoms with Gasteiger partial charge in [0.25, 0.3) is 0 Å². The maximum absolute atomic E-state index is 5.94. The van der Waals surface area contributed by atoms with Crippen LogP contribution in [0.25, 0.3) is 11.1 Å². The number of pyridine rings is 1. The SMILES string of the molecule is Cc1ccc(NCc2cccc(-c3cccc(N)c3)c2)c(N)n1. The molecule has 0 saturated carbocycles. The van der Waals surface area contributed by atoms with Gasteiger partial charge in [0, 0.05) is 17.9 Å². The first-order valence-corrected chi connectivity index (χ1v) is 7.54. The van der Waals surface area contributed by atoms with Gasteiger partial charge in [0.2, 0.25) is 0 Å². The van der Waals surface area contributed by atoms with Crippen LogP contribution in [0, 0.1) is 6.92 Å². The maximum Gasteiger partial charge on any atom is 0.147 e. The fraction of sp³-hybridized carbons (Fsp3) is 0.105. The maximum atomic E-state index is 5.94. The number of nitrogens with two attached hydrogens (primary N) is 2. The summed E-state index contributed by atoms with van der Waals surface area (Å²) in [5.74, 6) is 0.525. The van der Waals surface area contributed by atoms with E-state index in [1.807, 2.05) is 43.3 Å². The first kappa shape index (κ1) is 14.9. The van der Waals surface area contributed by atoms with Crippen molar-refractivity contribution in [1.82, 2.24) is 4.98 Å². The average Bonchev–Trinajstić information content (AvgIpc) is 2.54. The zero-order valence-corrected chi connectivity index (χ0v) is 13.1. The Morgan fingerprint density at radius 2 is 1.65 bits per heavy atom. The topological polar surface area (TPSA) is 77.0 Å². The van der Waals surface area contributed by atoms with Gasteiger partial charge in [-0.05, 0) is 53.9 Å². The predicted molar refractivity (Wildman–Crippen MR) is 97.0 cm³/mol. The Morgan fingerprint density at radius 1 is 0.913 bits per heavy atom. The molecule has 3 aromatic rings. The molecular weight excluding hydrogens is 284 g/mol. The number of hydrogen-bond acceptors (Lipinski definition) is 4. The van der Waals surface area contributed by atoms with Crippen LogP contribution in [-0.2, 0) is 6.54 Å². The van der Waals surface area contributed by atoms with Crippen LogP contribution in [0.4, 0.5) is 17.2 Å². The van der Waals surface area contributed by atoms with Crippen LogP contribution in [0.2, 0.25) is 0 Å². The molecule has 0 fully saturated rings. The van der Waals surface area contributed by atoms with Crippen LogP contribution in [0.15, 0.2) is 60.7 Å². The molecule has 0 aliphatic rings. The van der Waals surface area contributed by atoms with Gasteiger partial charge >= 0.3 is 0 Å². The van der Waals surface area contributed by atoms with Gasteiger partial charge in [-0.15, -0.1) is 0 Å². The van der Waals surface area contributed by atoms with Crippen molar-refractivity contribution in [2.45, 2.75) is 13.5 Å². The van der Waals surface area contributed by atoms with Crippen molar-refractivity contribution in [2.24, 2.45) is 0 Å². The van der Waals surface area contributed by atoms with Gasteiger partial charge in [-0.25, -0.2) is 4.98 Å². The number of hydrogen-bond donors (Lipinski definition) is 3. The number of aryl methyl sites for hydroxylation is 1. The van der Waals surface area contributed by atoms with E-state index < -0.39 is 0 Å². The first-order chi connectivity index (χ1) is 11.1. The quantitative estimate of drug-likeness (QED) is 0.640. The zero-order valence-electron chi connectivity index (χ0n) is 13.1. The fourth-order valence-electron chi connectivity index (χ4n) is 2.50. The van der Waals surface area contributed by atoms with E-state index in [0.717, 1.165) is 28.2 Å². The van der Waals surface area contributed by atoms with E-state index in [1.165, 1.54) is 5.56 Å². The van der Waals surface area contributed by atoms with Gasteiger partial charge in [0.05, 0.1) is 5.69 Å². The Balaban J connectivity index is 1.78. The molecule has 3 rings (SSSR count). The van der Waals surface area contributed by atoms with Crippen LogP contribution < -0.4 is 16.8 Å². The smallest absolute Gasteiger partial charge is 0.147 e. The van der Waals surface area contributed by atoms with Gasteiger partial charge in [0.15, 0.2) is 0 Å². The van der Waals surface area contributed by atoms with Crippen LogP contribution in [0.1, 0.15) is 11.3 Å². The number of benzene rings is 2. The van der Waals surface area contributed by atoms with E-state index in [-0.39, 0.29) is 0 Å². The Labute approximate surface area is 136 Å². The zero-order chi connectivity index (χ0) is 16.2. The van der Waals surface area contributed by atoms with E-state index in [2.05, 4.69) is 34.6 Å². The third kappa shape index (κ3) is 3.61. The molecule has 4 nitrogen and oxygen atoms in total. The second-order valence-corrected chi connectivity index (χ2v) is 5.56. The van der Waals surface area contributed by atoms with Crippen LogP contribution in [0.3, 0.4) is 0 Å². The minimum Gasteiger partial charge on any atom is -0.399 e. The van der Waals surface area contributed by atoms with Crippen molar-refractivity contribution in [3.05, 3.63) is 71.9 Å². The molecule has 116 valence electrons. The normalized spacial score (nSPS) is 10.5. The molecule has 0 amide bonds. The van der Waals surface area contributed by atoms with E-state index >= 15 is 0 Å². The summed E-state index contributed by atoms with van der Waals surface area (Å²) in [5.41, 5.74) is 17.8. The highest BCUT2D eigenvalue weighted by atomic mass is 15.0. The molecule has 5 N–H and O–H groups in total. The second-order valence-electron chi connectivity index (χ2n) is 5.56. The lowest BCUT2D eigenvalue weighted by molar-refractivity contribution is 1.13. The summed E-state index contributed by atoms with van der Waals surface area (Å²) in [5, 5.41) is 3.33. The summed E-state index contributed by atoms with van der Waals surface area (Å²) >= 11 is 0. The lowest BCUT2D eigenvalue weighted by Crippen LogP contribution is -2.04. The summed E-state index contributed by atoms with van der Waals surface area (Å²) in [6, 6.07) is 20.2. The number of anilines is 3. The molecule has 23 heavy (non-hydrogen) atoms. The third-order valence-electron chi connectivity index (χ3n) is 3.69. The Kier molecular flexibility index (Phi) is 4.15. The molecule has 0 aliphatic heterocycles. The molecule has 1 aromatic heterocycles. The van der Waals surface area contributed by atoms with Crippen molar-refractivity contribution in [1.29, 1.82) is 0 Å². The van der Waals surface area contributed by atoms with Crippen LogP contribution >= 0.6 is 0 Å². The first-order valence-electron chi connectivity index (χ1n) is 7.54. The average molecular weight is 304 g/mol. The van der Waals surface area contributed by atoms with Gasteiger partial charge in [0.1, 0.15) is 5.82 Å². The monoisotopic (exact) mass is 304 g/mol. The number of aromatic nitrogens is 1. The highest BCUT2D eigenvalue weighted by Gasteiger charge is 2.03. The third-order valence-corrected chi connectivity index (χ3v) is 3.69. The Bertz CT molecular complexity index is 827. The van der Waals surface area contributed by atoms with Crippen LogP contribution in [0.5, 0.6) is 0 Å². The number of nitrogens with zero attached hydrogens (tertiary/aromatic N) is 1. The lowest BCUT2D eigenvalue weighted by Gasteiger charge is -2.10. The minimum atomic E-state index is 0.525. The molecule has 2 aromatic carbocycles. The second kappa shape index (κ2) is 6.40. The highest BCUT2D eigenvalue weighted by Crippen LogP contribution is 2.23. The molecule has 0 bridgehead atoms. The summed E-state index contributed by atoms with van der Waals surface area (Å²) in [7, 11) is 0. The molecule has 0 unspecified atom stereocenters. The minimum absolute atomic E-state index is 0.525. The van der Waals surface area contributed by atoms with Crippen LogP contribution in [-0.4, -0.2) is 4.98 Å². The Hall–Kier alpha value is -3.01. The molecule has 0 aliphatic carbocycles. The molecule has 0 radical (unpaired) electrons. The van der Waals surface area contributed by atoms with E-state index in [0.29, 0.717) is 12.4 Å². The Morgan fingerprint density at radius 3 is 2.39 bits per heavy atom. The number of nitrogen functional groups attached to an aromatic ring is 2. The largest absolute Gasteiger partial charge is 0.399 e. The predicted octanol–water partition coefficient (Wildman–Crippen LogP) is 3.83. The summed E-state index contributed by atoms with van der Waals surface area (Å²) in [4.78, 5) is 4.26. The summed E-state index contributed by atoms with van der Waals surface area (Å²) < 4.78 is 0. The molecule has 0 atom stereocenters. The van der Waals surface area contributed by atoms with E-state index in [9.17, 15) is 0 Å². The number of nitrogens with one attached hydrogen (secondary N) is 1. The van der Waals surface area contributed by atoms with Crippen molar-refractivity contribution in [2.75, 3.05) is 16.8 Å².